The predicted molar refractivity (Wildman–Crippen MR) is 103 cm³/mol. The van der Waals surface area contributed by atoms with E-state index in [-0.39, 0.29) is 30.6 Å². The highest BCUT2D eigenvalue weighted by atomic mass is 16.5. The van der Waals surface area contributed by atoms with Crippen molar-refractivity contribution in [3.63, 3.8) is 0 Å². The van der Waals surface area contributed by atoms with Crippen molar-refractivity contribution < 1.29 is 28.6 Å². The van der Waals surface area contributed by atoms with E-state index in [0.29, 0.717) is 12.2 Å². The molecule has 0 spiro atoms. The molecule has 1 aromatic carbocycles. The largest absolute Gasteiger partial charge is 0.491 e. The number of benzene rings is 1. The minimum absolute atomic E-state index is 0.0327. The van der Waals surface area contributed by atoms with Crippen LogP contribution < -0.4 is 10.2 Å². The van der Waals surface area contributed by atoms with Gasteiger partial charge in [-0.25, -0.2) is 4.79 Å². The molecule has 2 aromatic rings. The number of Topliss-reactive ketones (excluding diaryl/α,β-unsaturated/α-hetero) is 1. The number of esters is 1. The summed E-state index contributed by atoms with van der Waals surface area (Å²) < 4.78 is 17.3. The van der Waals surface area contributed by atoms with Crippen LogP contribution in [0.5, 0.6) is 5.75 Å². The molecule has 3 heterocycles. The Morgan fingerprint density at radius 2 is 1.93 bits per heavy atom. The highest BCUT2D eigenvalue weighted by molar-refractivity contribution is 6.40. The van der Waals surface area contributed by atoms with E-state index in [9.17, 15) is 19.2 Å². The van der Waals surface area contributed by atoms with Crippen LogP contribution in [0.15, 0.2) is 41.3 Å². The van der Waals surface area contributed by atoms with Gasteiger partial charge in [0.05, 0.1) is 31.9 Å². The van der Waals surface area contributed by atoms with Crippen molar-refractivity contribution in [2.24, 2.45) is 0 Å². The number of ketones is 1. The summed E-state index contributed by atoms with van der Waals surface area (Å²) in [4.78, 5) is 52.2. The molecule has 9 nitrogen and oxygen atoms in total. The van der Waals surface area contributed by atoms with Crippen LogP contribution in [0, 0.1) is 0 Å². The van der Waals surface area contributed by atoms with Gasteiger partial charge in [0.15, 0.2) is 17.7 Å². The zero-order valence-corrected chi connectivity index (χ0v) is 16.5. The Hall–Kier alpha value is -3.46. The molecule has 0 radical (unpaired) electrons. The number of amides is 1. The molecule has 9 heteroatoms. The molecular formula is C21H20N2O7. The van der Waals surface area contributed by atoms with Gasteiger partial charge >= 0.3 is 5.97 Å². The first-order valence-electron chi connectivity index (χ1n) is 9.43. The van der Waals surface area contributed by atoms with Crippen LogP contribution in [-0.4, -0.2) is 53.1 Å². The van der Waals surface area contributed by atoms with E-state index < -0.39 is 34.9 Å². The van der Waals surface area contributed by atoms with Crippen LogP contribution in [0.2, 0.25) is 0 Å². The standard InChI is InChI=1S/C21H20N2O7/c1-12-10-29-15-9-22-8-14(17(24)19(28-2)16(22)20(26)23(12)15)18(25)21(27)30-11-13-6-4-3-5-7-13/h3-8,12,15H,9-11H2,1-2H3/t12-,15+/m0/s1. The summed E-state index contributed by atoms with van der Waals surface area (Å²) in [6.45, 7) is 2.32. The molecule has 1 saturated heterocycles. The maximum atomic E-state index is 12.9. The van der Waals surface area contributed by atoms with Gasteiger partial charge in [0.25, 0.3) is 11.7 Å². The van der Waals surface area contributed by atoms with Gasteiger partial charge in [-0.3, -0.25) is 14.4 Å². The SMILES string of the molecule is COc1c2n(cc(C(=O)C(=O)OCc3ccccc3)c1=O)C[C@H]1OC[C@H](C)N1C2=O. The minimum Gasteiger partial charge on any atom is -0.491 e. The first-order chi connectivity index (χ1) is 14.4. The van der Waals surface area contributed by atoms with Gasteiger partial charge in [0.1, 0.15) is 6.61 Å². The number of carbonyl (C=O) groups is 3. The van der Waals surface area contributed by atoms with Gasteiger partial charge in [-0.2, -0.15) is 0 Å². The summed E-state index contributed by atoms with van der Waals surface area (Å²) in [6, 6.07) is 8.71. The number of hydrogen-bond donors (Lipinski definition) is 0. The third kappa shape index (κ3) is 3.26. The number of methoxy groups -OCH3 is 1. The van der Waals surface area contributed by atoms with Crippen LogP contribution in [-0.2, 0) is 27.4 Å². The van der Waals surface area contributed by atoms with Crippen molar-refractivity contribution in [3.05, 3.63) is 63.6 Å². The van der Waals surface area contributed by atoms with Crippen molar-refractivity contribution >= 4 is 17.7 Å². The lowest BCUT2D eigenvalue weighted by Gasteiger charge is -2.34. The van der Waals surface area contributed by atoms with Gasteiger partial charge in [-0.15, -0.1) is 0 Å². The molecular weight excluding hydrogens is 392 g/mol. The summed E-state index contributed by atoms with van der Waals surface area (Å²) in [5.74, 6) is -2.96. The molecule has 0 unspecified atom stereocenters. The molecule has 4 rings (SSSR count). The number of fused-ring (bicyclic) bond motifs is 2. The van der Waals surface area contributed by atoms with Crippen LogP contribution in [0.3, 0.4) is 0 Å². The van der Waals surface area contributed by atoms with Crippen molar-refractivity contribution in [3.8, 4) is 5.75 Å². The first kappa shape index (κ1) is 19.8. The fourth-order valence-electron chi connectivity index (χ4n) is 3.71. The van der Waals surface area contributed by atoms with E-state index in [1.54, 1.807) is 29.2 Å². The Balaban J connectivity index is 1.65. The van der Waals surface area contributed by atoms with Gasteiger partial charge in [-0.05, 0) is 12.5 Å². The van der Waals surface area contributed by atoms with Gasteiger partial charge in [0.2, 0.25) is 5.43 Å². The highest BCUT2D eigenvalue weighted by Crippen LogP contribution is 2.29. The predicted octanol–water partition coefficient (Wildman–Crippen LogP) is 0.984. The number of rotatable bonds is 5. The number of nitrogens with zero attached hydrogens (tertiary/aromatic N) is 2. The number of ether oxygens (including phenoxy) is 3. The quantitative estimate of drug-likeness (QED) is 0.410. The lowest BCUT2D eigenvalue weighted by molar-refractivity contribution is -0.139. The minimum atomic E-state index is -1.16. The Labute approximate surface area is 171 Å². The zero-order chi connectivity index (χ0) is 21.4. The molecule has 2 aliphatic rings. The monoisotopic (exact) mass is 412 g/mol. The van der Waals surface area contributed by atoms with Crippen molar-refractivity contribution in [2.75, 3.05) is 13.7 Å². The summed E-state index contributed by atoms with van der Waals surface area (Å²) in [5, 5.41) is 0. The molecule has 1 aromatic heterocycles. The van der Waals surface area contributed by atoms with Crippen molar-refractivity contribution in [2.45, 2.75) is 32.3 Å². The van der Waals surface area contributed by atoms with Gasteiger partial charge in [0, 0.05) is 6.20 Å². The smallest absolute Gasteiger partial charge is 0.380 e. The fourth-order valence-corrected chi connectivity index (χ4v) is 3.71. The topological polar surface area (TPSA) is 104 Å². The van der Waals surface area contributed by atoms with Crippen LogP contribution in [0.1, 0.15) is 33.3 Å². The molecule has 30 heavy (non-hydrogen) atoms. The molecule has 0 saturated carbocycles. The van der Waals surface area contributed by atoms with E-state index >= 15 is 0 Å². The molecule has 1 amide bonds. The number of pyridine rings is 1. The Morgan fingerprint density at radius 1 is 1.20 bits per heavy atom. The summed E-state index contributed by atoms with van der Waals surface area (Å²) >= 11 is 0. The first-order valence-corrected chi connectivity index (χ1v) is 9.43. The molecule has 2 aliphatic heterocycles. The van der Waals surface area contributed by atoms with E-state index in [1.165, 1.54) is 17.9 Å². The number of carbonyl (C=O) groups excluding carboxylic acids is 3. The van der Waals surface area contributed by atoms with Crippen LogP contribution >= 0.6 is 0 Å². The van der Waals surface area contributed by atoms with E-state index in [1.807, 2.05) is 13.0 Å². The molecule has 0 N–H and O–H groups in total. The Morgan fingerprint density at radius 3 is 2.63 bits per heavy atom. The second-order valence-electron chi connectivity index (χ2n) is 7.15. The normalized spacial score (nSPS) is 19.8. The molecule has 2 atom stereocenters. The Kier molecular flexibility index (Phi) is 5.13. The van der Waals surface area contributed by atoms with Crippen LogP contribution in [0.4, 0.5) is 0 Å². The third-order valence-electron chi connectivity index (χ3n) is 5.19. The summed E-state index contributed by atoms with van der Waals surface area (Å²) in [6.07, 6.45) is 0.689. The lowest BCUT2D eigenvalue weighted by Crippen LogP contribution is -2.49. The highest BCUT2D eigenvalue weighted by Gasteiger charge is 2.43. The number of aromatic nitrogens is 1. The molecule has 0 bridgehead atoms. The second kappa shape index (κ2) is 7.75. The maximum Gasteiger partial charge on any atom is 0.380 e. The summed E-state index contributed by atoms with van der Waals surface area (Å²) in [7, 11) is 1.24. The number of hydrogen-bond acceptors (Lipinski definition) is 7. The second-order valence-corrected chi connectivity index (χ2v) is 7.15. The third-order valence-corrected chi connectivity index (χ3v) is 5.19. The fraction of sp³-hybridized carbons (Fsp3) is 0.333. The van der Waals surface area contributed by atoms with Crippen molar-refractivity contribution in [1.29, 1.82) is 0 Å². The van der Waals surface area contributed by atoms with E-state index in [0.717, 1.165) is 0 Å². The average Bonchev–Trinajstić information content (AvgIpc) is 3.13. The average molecular weight is 412 g/mol. The Bertz CT molecular complexity index is 1080. The molecule has 1 fully saturated rings. The maximum absolute atomic E-state index is 12.9. The van der Waals surface area contributed by atoms with Crippen molar-refractivity contribution in [1.82, 2.24) is 9.47 Å². The molecule has 156 valence electrons. The lowest BCUT2D eigenvalue weighted by atomic mass is 10.1. The van der Waals surface area contributed by atoms with Gasteiger partial charge < -0.3 is 23.7 Å². The van der Waals surface area contributed by atoms with Gasteiger partial charge in [-0.1, -0.05) is 30.3 Å². The zero-order valence-electron chi connectivity index (χ0n) is 16.5. The molecule has 0 aliphatic carbocycles. The summed E-state index contributed by atoms with van der Waals surface area (Å²) in [5.41, 5.74) is -0.507. The van der Waals surface area contributed by atoms with E-state index in [4.69, 9.17) is 14.2 Å². The van der Waals surface area contributed by atoms with Crippen LogP contribution in [0.25, 0.3) is 0 Å². The van der Waals surface area contributed by atoms with E-state index in [2.05, 4.69) is 0 Å².